The Hall–Kier alpha value is -1.53. The third kappa shape index (κ3) is 3.56. The van der Waals surface area contributed by atoms with Crippen molar-refractivity contribution in [1.82, 2.24) is 9.97 Å². The molecule has 1 aromatic carbocycles. The summed E-state index contributed by atoms with van der Waals surface area (Å²) in [6.07, 6.45) is 0. The van der Waals surface area contributed by atoms with E-state index in [4.69, 9.17) is 8.42 Å². The Balaban J connectivity index is 0.000000280. The first-order chi connectivity index (χ1) is 7.50. The van der Waals surface area contributed by atoms with E-state index in [-0.39, 0.29) is 0 Å². The number of rotatable bonds is 0. The molecule has 2 rings (SSSR count). The highest BCUT2D eigenvalue weighted by Crippen LogP contribution is 2.13. The molecule has 0 saturated carbocycles. The van der Waals surface area contributed by atoms with Crippen molar-refractivity contribution in [1.29, 1.82) is 0 Å². The zero-order chi connectivity index (χ0) is 12.1. The van der Waals surface area contributed by atoms with E-state index in [1.54, 1.807) is 0 Å². The van der Waals surface area contributed by atoms with Crippen molar-refractivity contribution in [3.8, 4) is 0 Å². The molecule has 0 radical (unpaired) electrons. The number of benzene rings is 1. The van der Waals surface area contributed by atoms with E-state index in [9.17, 15) is 0 Å². The highest BCUT2D eigenvalue weighted by molar-refractivity contribution is 7.69. The lowest BCUT2D eigenvalue weighted by Gasteiger charge is -2.00. The van der Waals surface area contributed by atoms with E-state index in [0.29, 0.717) is 0 Å². The van der Waals surface area contributed by atoms with E-state index in [0.717, 1.165) is 22.4 Å². The van der Waals surface area contributed by atoms with Gasteiger partial charge in [0.2, 0.25) is 0 Å². The van der Waals surface area contributed by atoms with Gasteiger partial charge in [0.25, 0.3) is 0 Å². The van der Waals surface area contributed by atoms with Crippen LogP contribution in [-0.4, -0.2) is 18.4 Å². The smallest absolute Gasteiger partial charge is 0.198 e. The first-order valence-corrected chi connectivity index (χ1v) is 5.84. The highest BCUT2D eigenvalue weighted by Gasteiger charge is 1.98. The zero-order valence-electron chi connectivity index (χ0n) is 9.04. The maximum absolute atomic E-state index is 8.81. The van der Waals surface area contributed by atoms with Crippen LogP contribution in [0.4, 0.5) is 0 Å². The molecule has 0 atom stereocenters. The van der Waals surface area contributed by atoms with E-state index in [1.807, 2.05) is 38.1 Å². The molecule has 0 amide bonds. The quantitative estimate of drug-likeness (QED) is 0.663. The molecule has 0 aliphatic heterocycles. The second kappa shape index (κ2) is 5.53. The Morgan fingerprint density at radius 1 is 1.12 bits per heavy atom. The number of aromatic nitrogens is 2. The maximum Gasteiger partial charge on any atom is 0.198 e. The van der Waals surface area contributed by atoms with Crippen LogP contribution in [0.25, 0.3) is 10.9 Å². The van der Waals surface area contributed by atoms with Gasteiger partial charge >= 0.3 is 0 Å². The number of hydrogen-bond donors (Lipinski definition) is 2. The lowest BCUT2D eigenvalue weighted by molar-refractivity contribution is 0.616. The van der Waals surface area contributed by atoms with Crippen molar-refractivity contribution < 1.29 is 8.42 Å². The summed E-state index contributed by atoms with van der Waals surface area (Å²) in [7, 11) is -2.62. The van der Waals surface area contributed by atoms with E-state index in [1.165, 1.54) is 0 Å². The van der Waals surface area contributed by atoms with Gasteiger partial charge in [-0.2, -0.15) is 0 Å². The summed E-state index contributed by atoms with van der Waals surface area (Å²) >= 11 is 0. The molecule has 0 bridgehead atoms. The van der Waals surface area contributed by atoms with Gasteiger partial charge in [0.1, 0.15) is 5.82 Å². The highest BCUT2D eigenvalue weighted by atomic mass is 32.2. The summed E-state index contributed by atoms with van der Waals surface area (Å²) in [5.41, 5.74) is 2.08. The van der Waals surface area contributed by atoms with E-state index >= 15 is 0 Å². The minimum absolute atomic E-state index is 0.839. The van der Waals surface area contributed by atoms with Crippen LogP contribution in [0.2, 0.25) is 0 Å². The van der Waals surface area contributed by atoms with Gasteiger partial charge in [0.05, 0.1) is 5.52 Å². The van der Waals surface area contributed by atoms with E-state index in [2.05, 4.69) is 15.1 Å². The van der Waals surface area contributed by atoms with Gasteiger partial charge in [-0.15, -0.1) is 0 Å². The molecule has 1 heterocycles. The van der Waals surface area contributed by atoms with Gasteiger partial charge in [0, 0.05) is 11.1 Å². The van der Waals surface area contributed by atoms with Crippen molar-refractivity contribution in [2.24, 2.45) is 5.14 Å². The Morgan fingerprint density at radius 3 is 2.31 bits per heavy atom. The van der Waals surface area contributed by atoms with Gasteiger partial charge in [-0.05, 0) is 19.9 Å². The fraction of sp³-hybridized carbons (Fsp3) is 0.200. The van der Waals surface area contributed by atoms with Gasteiger partial charge in [-0.1, -0.05) is 18.2 Å². The Kier molecular flexibility index (Phi) is 4.33. The SMILES string of the molecule is Cc1nc(C)c2ccccc2n1.N[SH](=O)=O. The number of para-hydroxylation sites is 1. The van der Waals surface area contributed by atoms with Crippen molar-refractivity contribution in [3.05, 3.63) is 35.8 Å². The minimum atomic E-state index is -2.62. The van der Waals surface area contributed by atoms with Crippen molar-refractivity contribution in [2.75, 3.05) is 0 Å². The molecule has 0 aliphatic rings. The van der Waals surface area contributed by atoms with Crippen molar-refractivity contribution in [2.45, 2.75) is 13.8 Å². The fourth-order valence-electron chi connectivity index (χ4n) is 1.38. The second-order valence-corrected chi connectivity index (χ2v) is 3.73. The molecule has 1 aromatic heterocycles. The zero-order valence-corrected chi connectivity index (χ0v) is 9.94. The molecule has 0 fully saturated rings. The molecule has 2 N–H and O–H groups in total. The maximum atomic E-state index is 8.81. The van der Waals surface area contributed by atoms with Crippen LogP contribution >= 0.6 is 0 Å². The number of hydrogen-bond acceptors (Lipinski definition) is 4. The predicted molar refractivity (Wildman–Crippen MR) is 63.5 cm³/mol. The molecule has 0 unspecified atom stereocenters. The molecule has 0 saturated heterocycles. The van der Waals surface area contributed by atoms with Crippen LogP contribution in [-0.2, 0) is 10.9 Å². The van der Waals surface area contributed by atoms with Gasteiger partial charge in [-0.3, -0.25) is 0 Å². The summed E-state index contributed by atoms with van der Waals surface area (Å²) in [4.78, 5) is 8.62. The molecular formula is C10H13N3O2S. The predicted octanol–water partition coefficient (Wildman–Crippen LogP) is 0.718. The van der Waals surface area contributed by atoms with E-state index < -0.39 is 10.9 Å². The third-order valence-electron chi connectivity index (χ3n) is 1.91. The Bertz CT molecular complexity index is 559. The average Bonchev–Trinajstić information content (AvgIpc) is 2.16. The van der Waals surface area contributed by atoms with Crippen LogP contribution in [0.5, 0.6) is 0 Å². The van der Waals surface area contributed by atoms with Gasteiger partial charge in [-0.25, -0.2) is 23.5 Å². The number of nitrogens with zero attached hydrogens (tertiary/aromatic N) is 2. The van der Waals surface area contributed by atoms with Crippen molar-refractivity contribution >= 4 is 21.8 Å². The second-order valence-electron chi connectivity index (χ2n) is 3.16. The lowest BCUT2D eigenvalue weighted by Crippen LogP contribution is -1.92. The molecule has 86 valence electrons. The van der Waals surface area contributed by atoms with Crippen LogP contribution in [0.15, 0.2) is 24.3 Å². The first kappa shape index (κ1) is 12.5. The average molecular weight is 239 g/mol. The van der Waals surface area contributed by atoms with Crippen molar-refractivity contribution in [3.63, 3.8) is 0 Å². The number of nitrogens with two attached hydrogens (primary N) is 1. The normalized spacial score (nSPS) is 10.0. The standard InChI is InChI=1S/C10H10N2.H3NO2S/c1-7-9-5-3-4-6-10(9)12-8(2)11-7;1-4(2)3/h3-6H,1-2H3;4H,(H2,1,2,3). The lowest BCUT2D eigenvalue weighted by atomic mass is 10.2. The number of fused-ring (bicyclic) bond motifs is 1. The largest absolute Gasteiger partial charge is 0.238 e. The first-order valence-electron chi connectivity index (χ1n) is 4.60. The molecule has 0 aliphatic carbocycles. The Morgan fingerprint density at radius 2 is 1.69 bits per heavy atom. The summed E-state index contributed by atoms with van der Waals surface area (Å²) < 4.78 is 17.6. The van der Waals surface area contributed by atoms with Gasteiger partial charge in [0.15, 0.2) is 10.9 Å². The molecule has 6 heteroatoms. The summed E-state index contributed by atoms with van der Waals surface area (Å²) in [6, 6.07) is 8.06. The Labute approximate surface area is 95.4 Å². The molecule has 0 spiro atoms. The molecule has 2 aromatic rings. The molecular weight excluding hydrogens is 226 g/mol. The van der Waals surface area contributed by atoms with Crippen LogP contribution in [0, 0.1) is 13.8 Å². The van der Waals surface area contributed by atoms with Crippen LogP contribution in [0.3, 0.4) is 0 Å². The topological polar surface area (TPSA) is 85.9 Å². The summed E-state index contributed by atoms with van der Waals surface area (Å²) in [6.45, 7) is 3.93. The summed E-state index contributed by atoms with van der Waals surface area (Å²) in [5.74, 6) is 0.839. The minimum Gasteiger partial charge on any atom is -0.238 e. The monoisotopic (exact) mass is 239 g/mol. The number of thiol groups is 1. The summed E-state index contributed by atoms with van der Waals surface area (Å²) in [5, 5.41) is 5.21. The van der Waals surface area contributed by atoms with Gasteiger partial charge < -0.3 is 0 Å². The number of aryl methyl sites for hydroxylation is 2. The molecule has 5 nitrogen and oxygen atoms in total. The third-order valence-corrected chi connectivity index (χ3v) is 1.91. The molecule has 16 heavy (non-hydrogen) atoms. The fourth-order valence-corrected chi connectivity index (χ4v) is 1.38. The van der Waals surface area contributed by atoms with Crippen LogP contribution < -0.4 is 5.14 Å². The van der Waals surface area contributed by atoms with Crippen LogP contribution in [0.1, 0.15) is 11.5 Å².